The number of carbonyl (C=O) groups excluding carboxylic acids is 1. The van der Waals surface area contributed by atoms with Crippen molar-refractivity contribution in [1.82, 2.24) is 0 Å². The van der Waals surface area contributed by atoms with Crippen molar-refractivity contribution in [2.45, 2.75) is 6.42 Å². The largest absolute Gasteiger partial charge is 0.330 e. The number of amides is 1. The lowest BCUT2D eigenvalue weighted by molar-refractivity contribution is 0.102. The Morgan fingerprint density at radius 1 is 1.05 bits per heavy atom. The van der Waals surface area contributed by atoms with E-state index in [0.717, 1.165) is 12.0 Å². The third-order valence-corrected chi connectivity index (χ3v) is 2.75. The molecule has 0 fully saturated rings. The fraction of sp³-hybridized carbons (Fsp3) is 0.133. The molecule has 0 atom stereocenters. The minimum Gasteiger partial charge on any atom is -0.330 e. The second-order valence-corrected chi connectivity index (χ2v) is 4.20. The van der Waals surface area contributed by atoms with Gasteiger partial charge >= 0.3 is 0 Å². The van der Waals surface area contributed by atoms with Crippen LogP contribution in [0.5, 0.6) is 0 Å². The average Bonchev–Trinajstić information content (AvgIpc) is 2.42. The van der Waals surface area contributed by atoms with Crippen LogP contribution in [0.15, 0.2) is 48.5 Å². The molecule has 2 aromatic rings. The quantitative estimate of drug-likeness (QED) is 0.885. The van der Waals surface area contributed by atoms with E-state index in [1.54, 1.807) is 0 Å². The topological polar surface area (TPSA) is 55.1 Å². The van der Waals surface area contributed by atoms with Gasteiger partial charge in [-0.2, -0.15) is 0 Å². The molecule has 98 valence electrons. The molecule has 0 saturated carbocycles. The third-order valence-electron chi connectivity index (χ3n) is 2.75. The van der Waals surface area contributed by atoms with Crippen molar-refractivity contribution in [3.05, 3.63) is 65.5 Å². The highest BCUT2D eigenvalue weighted by Gasteiger charge is 2.05. The molecule has 0 aromatic heterocycles. The van der Waals surface area contributed by atoms with E-state index in [0.29, 0.717) is 17.8 Å². The first-order chi connectivity index (χ1) is 9.19. The fourth-order valence-corrected chi connectivity index (χ4v) is 1.73. The lowest BCUT2D eigenvalue weighted by atomic mass is 10.1. The molecule has 19 heavy (non-hydrogen) atoms. The van der Waals surface area contributed by atoms with Crippen molar-refractivity contribution >= 4 is 11.6 Å². The molecule has 2 rings (SSSR count). The van der Waals surface area contributed by atoms with Crippen molar-refractivity contribution in [2.24, 2.45) is 5.73 Å². The van der Waals surface area contributed by atoms with Crippen molar-refractivity contribution in [3.8, 4) is 0 Å². The fourth-order valence-electron chi connectivity index (χ4n) is 1.73. The second kappa shape index (κ2) is 6.11. The van der Waals surface area contributed by atoms with E-state index >= 15 is 0 Å². The molecule has 0 heterocycles. The summed E-state index contributed by atoms with van der Waals surface area (Å²) in [5.74, 6) is -0.616. The predicted molar refractivity (Wildman–Crippen MR) is 73.6 cm³/mol. The van der Waals surface area contributed by atoms with Gasteiger partial charge in [0.1, 0.15) is 5.82 Å². The van der Waals surface area contributed by atoms with E-state index in [9.17, 15) is 9.18 Å². The van der Waals surface area contributed by atoms with Gasteiger partial charge in [-0.3, -0.25) is 4.79 Å². The van der Waals surface area contributed by atoms with Crippen molar-refractivity contribution in [2.75, 3.05) is 11.9 Å². The number of nitrogens with one attached hydrogen (secondary N) is 1. The lowest BCUT2D eigenvalue weighted by Gasteiger charge is -2.06. The molecular formula is C15H15FN2O. The molecule has 4 heteroatoms. The summed E-state index contributed by atoms with van der Waals surface area (Å²) < 4.78 is 12.8. The van der Waals surface area contributed by atoms with Crippen LogP contribution in [-0.2, 0) is 6.42 Å². The highest BCUT2D eigenvalue weighted by molar-refractivity contribution is 6.04. The van der Waals surface area contributed by atoms with Gasteiger partial charge in [-0.15, -0.1) is 0 Å². The molecule has 0 unspecified atom stereocenters. The number of nitrogens with two attached hydrogens (primary N) is 1. The first-order valence-corrected chi connectivity index (χ1v) is 6.05. The Kier molecular flexibility index (Phi) is 4.26. The molecule has 3 nitrogen and oxygen atoms in total. The van der Waals surface area contributed by atoms with Gasteiger partial charge in [0.15, 0.2) is 0 Å². The van der Waals surface area contributed by atoms with E-state index in [4.69, 9.17) is 5.73 Å². The summed E-state index contributed by atoms with van der Waals surface area (Å²) in [4.78, 5) is 11.9. The van der Waals surface area contributed by atoms with Gasteiger partial charge in [-0.25, -0.2) is 4.39 Å². The molecular weight excluding hydrogens is 243 g/mol. The highest BCUT2D eigenvalue weighted by Crippen LogP contribution is 2.12. The number of rotatable bonds is 4. The van der Waals surface area contributed by atoms with Crippen LogP contribution in [0.1, 0.15) is 15.9 Å². The van der Waals surface area contributed by atoms with E-state index in [-0.39, 0.29) is 11.7 Å². The molecule has 0 aliphatic carbocycles. The summed E-state index contributed by atoms with van der Waals surface area (Å²) in [5, 5.41) is 2.75. The lowest BCUT2D eigenvalue weighted by Crippen LogP contribution is -2.11. The van der Waals surface area contributed by atoms with Gasteiger partial charge in [0, 0.05) is 11.3 Å². The van der Waals surface area contributed by atoms with Crippen LogP contribution in [-0.4, -0.2) is 12.5 Å². The van der Waals surface area contributed by atoms with E-state index in [1.807, 2.05) is 24.3 Å². The van der Waals surface area contributed by atoms with Gasteiger partial charge in [-0.1, -0.05) is 12.1 Å². The second-order valence-electron chi connectivity index (χ2n) is 4.20. The minimum atomic E-state index is -0.359. The SMILES string of the molecule is NCCc1ccc(NC(=O)c2ccc(F)cc2)cc1. The number of hydrogen-bond donors (Lipinski definition) is 2. The van der Waals surface area contributed by atoms with Gasteiger partial charge in [0.05, 0.1) is 0 Å². The molecule has 0 bridgehead atoms. The summed E-state index contributed by atoms with van der Waals surface area (Å²) in [6.07, 6.45) is 0.812. The Balaban J connectivity index is 2.04. The summed E-state index contributed by atoms with van der Waals surface area (Å²) in [6, 6.07) is 12.9. The van der Waals surface area contributed by atoms with Crippen molar-refractivity contribution in [3.63, 3.8) is 0 Å². The zero-order valence-electron chi connectivity index (χ0n) is 10.4. The van der Waals surface area contributed by atoms with Crippen LogP contribution in [0, 0.1) is 5.82 Å². The average molecular weight is 258 g/mol. The maximum absolute atomic E-state index is 12.8. The summed E-state index contributed by atoms with van der Waals surface area (Å²) >= 11 is 0. The first-order valence-electron chi connectivity index (χ1n) is 6.05. The van der Waals surface area contributed by atoms with E-state index in [1.165, 1.54) is 24.3 Å². The summed E-state index contributed by atoms with van der Waals surface area (Å²) in [6.45, 7) is 0.598. The van der Waals surface area contributed by atoms with Gasteiger partial charge < -0.3 is 11.1 Å². The molecule has 2 aromatic carbocycles. The molecule has 0 aliphatic rings. The Bertz CT molecular complexity index is 549. The van der Waals surface area contributed by atoms with E-state index < -0.39 is 0 Å². The maximum atomic E-state index is 12.8. The highest BCUT2D eigenvalue weighted by atomic mass is 19.1. The Morgan fingerprint density at radius 2 is 1.68 bits per heavy atom. The first kappa shape index (κ1) is 13.2. The van der Waals surface area contributed by atoms with Crippen LogP contribution in [0.3, 0.4) is 0 Å². The van der Waals surface area contributed by atoms with Crippen LogP contribution < -0.4 is 11.1 Å². The van der Waals surface area contributed by atoms with Crippen LogP contribution in [0.25, 0.3) is 0 Å². The monoisotopic (exact) mass is 258 g/mol. The number of halogens is 1. The number of benzene rings is 2. The third kappa shape index (κ3) is 3.63. The van der Waals surface area contributed by atoms with E-state index in [2.05, 4.69) is 5.32 Å². The van der Waals surface area contributed by atoms with Crippen LogP contribution in [0.2, 0.25) is 0 Å². The Hall–Kier alpha value is -2.20. The standard InChI is InChI=1S/C15H15FN2O/c16-13-5-3-12(4-6-13)15(19)18-14-7-1-11(2-8-14)9-10-17/h1-8H,9-10,17H2,(H,18,19). The summed E-state index contributed by atoms with van der Waals surface area (Å²) in [7, 11) is 0. The molecule has 0 saturated heterocycles. The number of anilines is 1. The van der Waals surface area contributed by atoms with Crippen molar-refractivity contribution < 1.29 is 9.18 Å². The Labute approximate surface area is 111 Å². The summed E-state index contributed by atoms with van der Waals surface area (Å²) in [5.41, 5.74) is 7.72. The molecule has 0 spiro atoms. The molecule has 0 radical (unpaired) electrons. The smallest absolute Gasteiger partial charge is 0.255 e. The van der Waals surface area contributed by atoms with Crippen LogP contribution >= 0.6 is 0 Å². The van der Waals surface area contributed by atoms with Gasteiger partial charge in [0.2, 0.25) is 0 Å². The van der Waals surface area contributed by atoms with Crippen molar-refractivity contribution in [1.29, 1.82) is 0 Å². The normalized spacial score (nSPS) is 10.2. The van der Waals surface area contributed by atoms with Gasteiger partial charge in [0.25, 0.3) is 5.91 Å². The number of hydrogen-bond acceptors (Lipinski definition) is 2. The Morgan fingerprint density at radius 3 is 2.26 bits per heavy atom. The van der Waals surface area contributed by atoms with Crippen LogP contribution in [0.4, 0.5) is 10.1 Å². The molecule has 1 amide bonds. The zero-order chi connectivity index (χ0) is 13.7. The number of carbonyl (C=O) groups is 1. The predicted octanol–water partition coefficient (Wildman–Crippen LogP) is 2.58. The zero-order valence-corrected chi connectivity index (χ0v) is 10.4. The maximum Gasteiger partial charge on any atom is 0.255 e. The minimum absolute atomic E-state index is 0.258. The molecule has 0 aliphatic heterocycles. The molecule has 3 N–H and O–H groups in total. The van der Waals surface area contributed by atoms with Gasteiger partial charge in [-0.05, 0) is 54.9 Å².